The number of benzene rings is 4. The number of nitrogens with one attached hydrogen (secondary N) is 2. The van der Waals surface area contributed by atoms with Crippen molar-refractivity contribution in [2.75, 3.05) is 15.5 Å². The summed E-state index contributed by atoms with van der Waals surface area (Å²) in [4.78, 5) is 27.9. The van der Waals surface area contributed by atoms with E-state index in [1.807, 2.05) is 36.4 Å². The zero-order chi connectivity index (χ0) is 27.0. The zero-order valence-electron chi connectivity index (χ0n) is 19.4. The predicted octanol–water partition coefficient (Wildman–Crippen LogP) is 7.65. The molecule has 1 heterocycles. The van der Waals surface area contributed by atoms with Crippen LogP contribution in [0.4, 0.5) is 40.3 Å². The third-order valence-electron chi connectivity index (χ3n) is 6.05. The van der Waals surface area contributed by atoms with E-state index in [4.69, 9.17) is 11.6 Å². The third kappa shape index (κ3) is 4.68. The summed E-state index contributed by atoms with van der Waals surface area (Å²) in [7, 11) is 0. The molecule has 38 heavy (non-hydrogen) atoms. The standard InChI is InChI=1S/C28H18ClF4N3O2/c29-20-14-17(35-26(37)25-19(28(31,32)33)7-5-8-21(25)30)12-13-18(20)27(38)36-23-10-3-1-6-16(23)15-34-22-9-2-4-11-24(22)36/h1-14,34H,15H2,(H,35,37). The van der Waals surface area contributed by atoms with E-state index in [1.165, 1.54) is 23.1 Å². The van der Waals surface area contributed by atoms with Gasteiger partial charge in [-0.25, -0.2) is 4.39 Å². The van der Waals surface area contributed by atoms with Crippen molar-refractivity contribution in [3.05, 3.63) is 118 Å². The Morgan fingerprint density at radius 1 is 0.895 bits per heavy atom. The van der Waals surface area contributed by atoms with E-state index in [0.717, 1.165) is 23.4 Å². The van der Waals surface area contributed by atoms with Crippen LogP contribution in [-0.4, -0.2) is 11.8 Å². The van der Waals surface area contributed by atoms with Gasteiger partial charge in [-0.3, -0.25) is 14.5 Å². The van der Waals surface area contributed by atoms with Crippen molar-refractivity contribution >= 4 is 46.2 Å². The fourth-order valence-electron chi connectivity index (χ4n) is 4.31. The largest absolute Gasteiger partial charge is 0.417 e. The first-order valence-corrected chi connectivity index (χ1v) is 11.7. The van der Waals surface area contributed by atoms with Crippen LogP contribution in [0.2, 0.25) is 5.02 Å². The lowest BCUT2D eigenvalue weighted by molar-refractivity contribution is -0.138. The van der Waals surface area contributed by atoms with Crippen molar-refractivity contribution in [1.82, 2.24) is 0 Å². The molecule has 192 valence electrons. The highest BCUT2D eigenvalue weighted by atomic mass is 35.5. The Hall–Kier alpha value is -4.37. The predicted molar refractivity (Wildman–Crippen MR) is 137 cm³/mol. The molecule has 0 spiro atoms. The van der Waals surface area contributed by atoms with Crippen LogP contribution in [0.5, 0.6) is 0 Å². The molecule has 5 nitrogen and oxygen atoms in total. The van der Waals surface area contributed by atoms with Crippen molar-refractivity contribution in [3.8, 4) is 0 Å². The van der Waals surface area contributed by atoms with E-state index in [1.54, 1.807) is 12.1 Å². The molecule has 4 aromatic carbocycles. The second kappa shape index (κ2) is 9.83. The van der Waals surface area contributed by atoms with Gasteiger partial charge >= 0.3 is 6.18 Å². The molecule has 2 N–H and O–H groups in total. The lowest BCUT2D eigenvalue weighted by Crippen LogP contribution is -2.27. The molecule has 1 aliphatic rings. The maximum absolute atomic E-state index is 14.2. The van der Waals surface area contributed by atoms with Crippen LogP contribution in [-0.2, 0) is 12.7 Å². The van der Waals surface area contributed by atoms with E-state index >= 15 is 0 Å². The molecule has 1 aliphatic heterocycles. The minimum Gasteiger partial charge on any atom is -0.379 e. The molecule has 0 aromatic heterocycles. The first kappa shape index (κ1) is 25.3. The fraction of sp³-hybridized carbons (Fsp3) is 0.0714. The topological polar surface area (TPSA) is 61.4 Å². The fourth-order valence-corrected chi connectivity index (χ4v) is 4.57. The Morgan fingerprint density at radius 2 is 1.61 bits per heavy atom. The second-order valence-electron chi connectivity index (χ2n) is 8.45. The molecule has 0 saturated carbocycles. The number of halogens is 5. The van der Waals surface area contributed by atoms with Gasteiger partial charge in [-0.05, 0) is 54.1 Å². The van der Waals surface area contributed by atoms with Gasteiger partial charge in [-0.15, -0.1) is 0 Å². The first-order chi connectivity index (χ1) is 18.1. The highest BCUT2D eigenvalue weighted by Crippen LogP contribution is 2.40. The number of hydrogen-bond acceptors (Lipinski definition) is 3. The summed E-state index contributed by atoms with van der Waals surface area (Å²) < 4.78 is 54.2. The van der Waals surface area contributed by atoms with Crippen LogP contribution in [0, 0.1) is 5.82 Å². The molecule has 0 unspecified atom stereocenters. The van der Waals surface area contributed by atoms with E-state index in [9.17, 15) is 27.2 Å². The lowest BCUT2D eigenvalue weighted by atomic mass is 10.1. The smallest absolute Gasteiger partial charge is 0.379 e. The highest BCUT2D eigenvalue weighted by Gasteiger charge is 2.37. The summed E-state index contributed by atoms with van der Waals surface area (Å²) in [5.41, 5.74) is 0.424. The molecule has 0 bridgehead atoms. The molecular formula is C28H18ClF4N3O2. The van der Waals surface area contributed by atoms with Gasteiger partial charge in [-0.2, -0.15) is 13.2 Å². The second-order valence-corrected chi connectivity index (χ2v) is 8.86. The molecular weight excluding hydrogens is 522 g/mol. The Morgan fingerprint density at radius 3 is 2.34 bits per heavy atom. The van der Waals surface area contributed by atoms with Crippen LogP contribution in [0.15, 0.2) is 84.9 Å². The molecule has 10 heteroatoms. The summed E-state index contributed by atoms with van der Waals surface area (Å²) >= 11 is 6.43. The maximum atomic E-state index is 14.2. The van der Waals surface area contributed by atoms with Gasteiger partial charge in [0.15, 0.2) is 0 Å². The Balaban J connectivity index is 1.48. The van der Waals surface area contributed by atoms with Gasteiger partial charge in [0, 0.05) is 12.2 Å². The lowest BCUT2D eigenvalue weighted by Gasteiger charge is -2.25. The average Bonchev–Trinajstić information content (AvgIpc) is 3.04. The minimum atomic E-state index is -4.93. The van der Waals surface area contributed by atoms with Gasteiger partial charge < -0.3 is 10.6 Å². The Bertz CT molecular complexity index is 1520. The first-order valence-electron chi connectivity index (χ1n) is 11.4. The number of nitrogens with zero attached hydrogens (tertiary/aromatic N) is 1. The van der Waals surface area contributed by atoms with Crippen molar-refractivity contribution in [2.45, 2.75) is 12.7 Å². The van der Waals surface area contributed by atoms with Crippen LogP contribution in [0.25, 0.3) is 0 Å². The van der Waals surface area contributed by atoms with Crippen molar-refractivity contribution in [3.63, 3.8) is 0 Å². The number of carbonyl (C=O) groups is 2. The number of anilines is 4. The number of para-hydroxylation sites is 3. The van der Waals surface area contributed by atoms with Gasteiger partial charge in [0.1, 0.15) is 5.82 Å². The molecule has 0 radical (unpaired) electrons. The molecule has 0 aliphatic carbocycles. The minimum absolute atomic E-state index is 0.00809. The van der Waals surface area contributed by atoms with Crippen LogP contribution < -0.4 is 15.5 Å². The average molecular weight is 540 g/mol. The summed E-state index contributed by atoms with van der Waals surface area (Å²) in [5.74, 6) is -3.07. The SMILES string of the molecule is O=C(Nc1ccc(C(=O)N2c3ccccc3CNc3ccccc32)c(Cl)c1)c1c(F)cccc1C(F)(F)F. The summed E-state index contributed by atoms with van der Waals surface area (Å²) in [6, 6.07) is 20.8. The highest BCUT2D eigenvalue weighted by molar-refractivity contribution is 6.35. The van der Waals surface area contributed by atoms with E-state index in [-0.39, 0.29) is 16.3 Å². The van der Waals surface area contributed by atoms with Crippen LogP contribution >= 0.6 is 11.6 Å². The molecule has 0 atom stereocenters. The van der Waals surface area contributed by atoms with Crippen LogP contribution in [0.3, 0.4) is 0 Å². The monoisotopic (exact) mass is 539 g/mol. The van der Waals surface area contributed by atoms with Crippen molar-refractivity contribution in [2.24, 2.45) is 0 Å². The van der Waals surface area contributed by atoms with Crippen molar-refractivity contribution in [1.29, 1.82) is 0 Å². The Labute approximate surface area is 219 Å². The van der Waals surface area contributed by atoms with Gasteiger partial charge in [0.2, 0.25) is 0 Å². The number of hydrogen-bond donors (Lipinski definition) is 2. The van der Waals surface area contributed by atoms with E-state index in [0.29, 0.717) is 24.0 Å². The summed E-state index contributed by atoms with van der Waals surface area (Å²) in [5, 5.41) is 5.50. The third-order valence-corrected chi connectivity index (χ3v) is 6.37. The number of amides is 2. The van der Waals surface area contributed by atoms with Gasteiger partial charge in [0.25, 0.3) is 11.8 Å². The zero-order valence-corrected chi connectivity index (χ0v) is 20.2. The molecule has 5 rings (SSSR count). The van der Waals surface area contributed by atoms with Gasteiger partial charge in [-0.1, -0.05) is 48.0 Å². The number of rotatable bonds is 3. The van der Waals surface area contributed by atoms with Crippen LogP contribution in [0.1, 0.15) is 31.8 Å². The van der Waals surface area contributed by atoms with Crippen molar-refractivity contribution < 1.29 is 27.2 Å². The number of alkyl halides is 3. The molecule has 0 fully saturated rings. The maximum Gasteiger partial charge on any atom is 0.417 e. The van der Waals surface area contributed by atoms with E-state index in [2.05, 4.69) is 10.6 Å². The quantitative estimate of drug-likeness (QED) is 0.263. The molecule has 4 aromatic rings. The van der Waals surface area contributed by atoms with Gasteiger partial charge in [0.05, 0.1) is 38.8 Å². The normalized spacial score (nSPS) is 12.6. The summed E-state index contributed by atoms with van der Waals surface area (Å²) in [6.45, 7) is 0.492. The molecule has 2 amide bonds. The van der Waals surface area contributed by atoms with E-state index < -0.39 is 34.9 Å². The molecule has 0 saturated heterocycles. The summed E-state index contributed by atoms with van der Waals surface area (Å²) in [6.07, 6.45) is -4.93. The number of carbonyl (C=O) groups excluding carboxylic acids is 2. The Kier molecular flexibility index (Phi) is 6.54. The number of fused-ring (bicyclic) bond motifs is 2.